The summed E-state index contributed by atoms with van der Waals surface area (Å²) in [5, 5.41) is 3.93. The lowest BCUT2D eigenvalue weighted by Gasteiger charge is -2.47. The number of aromatic nitrogens is 1. The maximum atomic E-state index is 11.8. The van der Waals surface area contributed by atoms with Crippen LogP contribution in [-0.4, -0.2) is 72.5 Å². The Balaban J connectivity index is 0.00000324. The largest absolute Gasteiger partial charge is 0.355 e. The molecule has 8 heteroatoms. The molecule has 0 aliphatic carbocycles. The molecule has 1 aromatic heterocycles. The molecule has 0 saturated carbocycles. The number of hydrogen-bond donors (Lipinski definition) is 1. The summed E-state index contributed by atoms with van der Waals surface area (Å²) < 4.78 is 0. The van der Waals surface area contributed by atoms with Crippen LogP contribution in [0.15, 0.2) is 36.5 Å². The van der Waals surface area contributed by atoms with Gasteiger partial charge in [0.05, 0.1) is 10.6 Å². The van der Waals surface area contributed by atoms with Crippen LogP contribution in [-0.2, 0) is 0 Å². The SMILES string of the molecule is CNC(=O)c1cnc(N2CCN(C3CCN(C(C)c4ccc(Cl)cc4)CC3)[C@@H](C)C2)c(Cl)c1.[HH]. The van der Waals surface area contributed by atoms with Crippen LogP contribution in [0.3, 0.4) is 0 Å². The fraction of sp³-hybridized carbons (Fsp3) is 0.520. The van der Waals surface area contributed by atoms with Crippen molar-refractivity contribution < 1.29 is 6.22 Å². The zero-order valence-electron chi connectivity index (χ0n) is 19.6. The smallest absolute Gasteiger partial charge is 0.252 e. The number of benzene rings is 1. The van der Waals surface area contributed by atoms with Crippen LogP contribution in [0.5, 0.6) is 0 Å². The van der Waals surface area contributed by atoms with Crippen LogP contribution in [0.25, 0.3) is 0 Å². The third kappa shape index (κ3) is 5.46. The molecule has 33 heavy (non-hydrogen) atoms. The van der Waals surface area contributed by atoms with E-state index in [4.69, 9.17) is 23.2 Å². The van der Waals surface area contributed by atoms with Gasteiger partial charge in [-0.15, -0.1) is 0 Å². The summed E-state index contributed by atoms with van der Waals surface area (Å²) >= 11 is 12.5. The Morgan fingerprint density at radius 2 is 1.85 bits per heavy atom. The van der Waals surface area contributed by atoms with Crippen molar-refractivity contribution in [2.75, 3.05) is 44.7 Å². The molecule has 0 bridgehead atoms. The van der Waals surface area contributed by atoms with Crippen molar-refractivity contribution in [2.45, 2.75) is 44.8 Å². The van der Waals surface area contributed by atoms with Gasteiger partial charge in [-0.3, -0.25) is 14.6 Å². The summed E-state index contributed by atoms with van der Waals surface area (Å²) in [5.41, 5.74) is 1.81. The fourth-order valence-corrected chi connectivity index (χ4v) is 5.61. The Morgan fingerprint density at radius 3 is 2.45 bits per heavy atom. The van der Waals surface area contributed by atoms with Crippen LogP contribution < -0.4 is 10.2 Å². The monoisotopic (exact) mass is 491 g/mol. The molecule has 1 amide bonds. The maximum absolute atomic E-state index is 11.8. The second-order valence-electron chi connectivity index (χ2n) is 9.14. The average Bonchev–Trinajstić information content (AvgIpc) is 2.83. The molecule has 0 spiro atoms. The first kappa shape index (κ1) is 24.3. The molecule has 1 N–H and O–H groups in total. The molecule has 2 fully saturated rings. The van der Waals surface area contributed by atoms with Gasteiger partial charge < -0.3 is 10.2 Å². The van der Waals surface area contributed by atoms with Gasteiger partial charge in [0.25, 0.3) is 5.91 Å². The highest BCUT2D eigenvalue weighted by Gasteiger charge is 2.33. The Kier molecular flexibility index (Phi) is 7.80. The molecule has 0 radical (unpaired) electrons. The first-order valence-electron chi connectivity index (χ1n) is 11.7. The van der Waals surface area contributed by atoms with E-state index in [0.29, 0.717) is 28.7 Å². The third-order valence-corrected chi connectivity index (χ3v) is 7.69. The van der Waals surface area contributed by atoms with Gasteiger partial charge in [-0.05, 0) is 50.5 Å². The van der Waals surface area contributed by atoms with E-state index in [-0.39, 0.29) is 7.33 Å². The lowest BCUT2D eigenvalue weighted by atomic mass is 9.97. The van der Waals surface area contributed by atoms with Crippen molar-refractivity contribution in [1.29, 1.82) is 0 Å². The van der Waals surface area contributed by atoms with E-state index in [0.717, 1.165) is 43.6 Å². The van der Waals surface area contributed by atoms with Crippen LogP contribution in [0.2, 0.25) is 10.0 Å². The topological polar surface area (TPSA) is 51.7 Å². The van der Waals surface area contributed by atoms with Crippen LogP contribution in [0.4, 0.5) is 5.82 Å². The second kappa shape index (κ2) is 10.6. The van der Waals surface area contributed by atoms with E-state index in [9.17, 15) is 4.79 Å². The van der Waals surface area contributed by atoms with Crippen molar-refractivity contribution >= 4 is 34.9 Å². The van der Waals surface area contributed by atoms with Crippen molar-refractivity contribution in [3.05, 3.63) is 57.7 Å². The second-order valence-corrected chi connectivity index (χ2v) is 9.98. The lowest BCUT2D eigenvalue weighted by molar-refractivity contribution is 0.0583. The summed E-state index contributed by atoms with van der Waals surface area (Å²) in [6.45, 7) is 9.56. The highest BCUT2D eigenvalue weighted by molar-refractivity contribution is 6.33. The number of rotatable bonds is 5. The van der Waals surface area contributed by atoms with Gasteiger partial charge in [0.1, 0.15) is 5.82 Å². The van der Waals surface area contributed by atoms with E-state index in [1.54, 1.807) is 19.3 Å². The average molecular weight is 492 g/mol. The number of nitrogens with one attached hydrogen (secondary N) is 1. The van der Waals surface area contributed by atoms with E-state index in [2.05, 4.69) is 51.0 Å². The number of nitrogens with zero attached hydrogens (tertiary/aromatic N) is 4. The Labute approximate surface area is 208 Å². The van der Waals surface area contributed by atoms with E-state index >= 15 is 0 Å². The lowest BCUT2D eigenvalue weighted by Crippen LogP contribution is -2.57. The van der Waals surface area contributed by atoms with E-state index < -0.39 is 0 Å². The van der Waals surface area contributed by atoms with Gasteiger partial charge in [-0.1, -0.05) is 35.3 Å². The fourth-order valence-electron chi connectivity index (χ4n) is 5.20. The zero-order valence-corrected chi connectivity index (χ0v) is 21.1. The molecule has 6 nitrogen and oxygen atoms in total. The molecule has 1 unspecified atom stereocenters. The summed E-state index contributed by atoms with van der Waals surface area (Å²) in [5.74, 6) is 0.591. The van der Waals surface area contributed by atoms with Crippen molar-refractivity contribution in [1.82, 2.24) is 20.1 Å². The van der Waals surface area contributed by atoms with Gasteiger partial charge >= 0.3 is 0 Å². The van der Waals surface area contributed by atoms with Crippen LogP contribution >= 0.6 is 23.2 Å². The Morgan fingerprint density at radius 1 is 1.15 bits per heavy atom. The number of anilines is 1. The summed E-state index contributed by atoms with van der Waals surface area (Å²) in [4.78, 5) is 23.8. The number of carbonyl (C=O) groups is 1. The molecule has 4 rings (SSSR count). The molecule has 2 atom stereocenters. The number of pyridine rings is 1. The number of piperidine rings is 1. The normalized spacial score (nSPS) is 21.7. The van der Waals surface area contributed by atoms with Crippen LogP contribution in [0.1, 0.15) is 50.1 Å². The number of likely N-dealkylation sites (tertiary alicyclic amines) is 1. The van der Waals surface area contributed by atoms with Gasteiger partial charge in [-0.2, -0.15) is 0 Å². The van der Waals surface area contributed by atoms with E-state index in [1.807, 2.05) is 12.1 Å². The highest BCUT2D eigenvalue weighted by Crippen LogP contribution is 2.30. The molecule has 180 valence electrons. The number of halogens is 2. The highest BCUT2D eigenvalue weighted by atomic mass is 35.5. The summed E-state index contributed by atoms with van der Waals surface area (Å²) in [6.07, 6.45) is 3.97. The maximum Gasteiger partial charge on any atom is 0.252 e. The predicted octanol–water partition coefficient (Wildman–Crippen LogP) is 4.73. The first-order chi connectivity index (χ1) is 15.9. The standard InChI is InChI=1S/C25H33Cl2N5O.H2/c1-17-16-31(24-23(27)14-20(15-29-24)25(33)28-3)12-13-32(17)22-8-10-30(11-9-22)18(2)19-4-6-21(26)7-5-19;/h4-7,14-15,17-18,22H,8-13,16H2,1-3H3,(H,28,33);1H/t17-,18?;/m0./s1. The Bertz CT molecular complexity index is 968. The van der Waals surface area contributed by atoms with Crippen molar-refractivity contribution in [2.24, 2.45) is 0 Å². The molecule has 2 saturated heterocycles. The molecular formula is C25H35Cl2N5O. The first-order valence-corrected chi connectivity index (χ1v) is 12.5. The predicted molar refractivity (Wildman–Crippen MR) is 138 cm³/mol. The molecular weight excluding hydrogens is 457 g/mol. The van der Waals surface area contributed by atoms with Crippen LogP contribution in [0, 0.1) is 0 Å². The minimum Gasteiger partial charge on any atom is -0.355 e. The minimum absolute atomic E-state index is 0. The number of carbonyl (C=O) groups excluding carboxylic acids is 1. The van der Waals surface area contributed by atoms with Gasteiger partial charge in [0, 0.05) is 70.5 Å². The number of amides is 1. The molecule has 2 aliphatic heterocycles. The summed E-state index contributed by atoms with van der Waals surface area (Å²) in [7, 11) is 1.61. The minimum atomic E-state index is -0.175. The van der Waals surface area contributed by atoms with Gasteiger partial charge in [0.15, 0.2) is 0 Å². The van der Waals surface area contributed by atoms with Gasteiger partial charge in [-0.25, -0.2) is 4.98 Å². The van der Waals surface area contributed by atoms with Crippen molar-refractivity contribution in [3.63, 3.8) is 0 Å². The summed E-state index contributed by atoms with van der Waals surface area (Å²) in [6, 6.07) is 11.4. The molecule has 3 heterocycles. The molecule has 1 aromatic carbocycles. The van der Waals surface area contributed by atoms with Gasteiger partial charge in [0.2, 0.25) is 0 Å². The van der Waals surface area contributed by atoms with E-state index in [1.165, 1.54) is 18.4 Å². The third-order valence-electron chi connectivity index (χ3n) is 7.16. The van der Waals surface area contributed by atoms with Crippen molar-refractivity contribution in [3.8, 4) is 0 Å². The zero-order chi connectivity index (χ0) is 23.5. The number of piperazine rings is 1. The molecule has 2 aliphatic rings. The molecule has 2 aromatic rings. The quantitative estimate of drug-likeness (QED) is 0.654. The number of hydrogen-bond acceptors (Lipinski definition) is 5. The Hall–Kier alpha value is -1.86.